The molecule has 1 N–H and O–H groups in total. The smallest absolute Gasteiger partial charge is 0.255 e. The molecule has 6 nitrogen and oxygen atoms in total. The van der Waals surface area contributed by atoms with Crippen molar-refractivity contribution in [3.63, 3.8) is 0 Å². The van der Waals surface area contributed by atoms with E-state index in [1.54, 1.807) is 17.3 Å². The van der Waals surface area contributed by atoms with E-state index in [9.17, 15) is 4.79 Å². The van der Waals surface area contributed by atoms with Gasteiger partial charge in [0.2, 0.25) is 0 Å². The number of amides is 1. The highest BCUT2D eigenvalue weighted by atomic mass is 16.5. The summed E-state index contributed by atoms with van der Waals surface area (Å²) in [5, 5.41) is 0.967. The lowest BCUT2D eigenvalue weighted by atomic mass is 10.1. The van der Waals surface area contributed by atoms with Crippen LogP contribution in [0.25, 0.3) is 10.9 Å². The third-order valence-electron chi connectivity index (χ3n) is 4.22. The second-order valence-corrected chi connectivity index (χ2v) is 5.98. The molecule has 0 aliphatic carbocycles. The summed E-state index contributed by atoms with van der Waals surface area (Å²) in [7, 11) is 0. The van der Waals surface area contributed by atoms with E-state index in [2.05, 4.69) is 15.0 Å². The minimum Gasteiger partial charge on any atom is -0.367 e. The third kappa shape index (κ3) is 2.76. The Bertz CT molecular complexity index is 889. The number of nitrogens with one attached hydrogen (secondary N) is 1. The van der Waals surface area contributed by atoms with Gasteiger partial charge in [-0.3, -0.25) is 9.78 Å². The van der Waals surface area contributed by atoms with Gasteiger partial charge in [0.05, 0.1) is 24.2 Å². The number of benzene rings is 1. The number of aromatic amines is 1. The minimum atomic E-state index is -0.218. The van der Waals surface area contributed by atoms with Gasteiger partial charge in [-0.15, -0.1) is 0 Å². The molecule has 0 radical (unpaired) electrons. The highest BCUT2D eigenvalue weighted by molar-refractivity contribution is 5.97. The molecule has 0 spiro atoms. The fraction of sp³-hybridized carbons (Fsp3) is 0.278. The van der Waals surface area contributed by atoms with Crippen LogP contribution in [0.2, 0.25) is 0 Å². The molecule has 0 bridgehead atoms. The van der Waals surface area contributed by atoms with E-state index in [0.717, 1.165) is 22.4 Å². The summed E-state index contributed by atoms with van der Waals surface area (Å²) < 4.78 is 5.76. The third-order valence-corrected chi connectivity index (χ3v) is 4.22. The van der Waals surface area contributed by atoms with Crippen LogP contribution in [0.1, 0.15) is 28.0 Å². The van der Waals surface area contributed by atoms with Crippen molar-refractivity contribution in [3.8, 4) is 0 Å². The number of aromatic nitrogens is 3. The first-order valence-corrected chi connectivity index (χ1v) is 7.98. The van der Waals surface area contributed by atoms with Gasteiger partial charge >= 0.3 is 0 Å². The van der Waals surface area contributed by atoms with Crippen molar-refractivity contribution in [2.75, 3.05) is 19.7 Å². The number of fused-ring (bicyclic) bond motifs is 1. The Kier molecular flexibility index (Phi) is 3.74. The van der Waals surface area contributed by atoms with Crippen molar-refractivity contribution in [1.82, 2.24) is 19.9 Å². The van der Waals surface area contributed by atoms with Gasteiger partial charge < -0.3 is 14.6 Å². The summed E-state index contributed by atoms with van der Waals surface area (Å²) in [6.45, 7) is 3.50. The molecule has 1 saturated heterocycles. The number of aryl methyl sites for hydroxylation is 1. The zero-order valence-electron chi connectivity index (χ0n) is 13.4. The maximum Gasteiger partial charge on any atom is 0.255 e. The zero-order valence-corrected chi connectivity index (χ0v) is 13.4. The van der Waals surface area contributed by atoms with Crippen molar-refractivity contribution in [2.45, 2.75) is 13.0 Å². The van der Waals surface area contributed by atoms with E-state index >= 15 is 0 Å². The van der Waals surface area contributed by atoms with Gasteiger partial charge in [-0.05, 0) is 19.1 Å². The number of carbonyl (C=O) groups is 1. The predicted molar refractivity (Wildman–Crippen MR) is 89.7 cm³/mol. The van der Waals surface area contributed by atoms with Crippen LogP contribution in [0.15, 0.2) is 42.7 Å². The van der Waals surface area contributed by atoms with Crippen LogP contribution in [0.3, 0.4) is 0 Å². The van der Waals surface area contributed by atoms with Gasteiger partial charge in [-0.25, -0.2) is 4.98 Å². The molecule has 3 aromatic rings. The minimum absolute atomic E-state index is 0.0233. The van der Waals surface area contributed by atoms with E-state index in [4.69, 9.17) is 4.74 Å². The van der Waals surface area contributed by atoms with Gasteiger partial charge in [0, 0.05) is 30.0 Å². The van der Waals surface area contributed by atoms with E-state index in [0.29, 0.717) is 25.3 Å². The van der Waals surface area contributed by atoms with E-state index in [1.165, 1.54) is 0 Å². The van der Waals surface area contributed by atoms with Crippen molar-refractivity contribution >= 4 is 16.8 Å². The van der Waals surface area contributed by atoms with Crippen LogP contribution in [0, 0.1) is 6.92 Å². The number of H-pyrrole nitrogens is 1. The van der Waals surface area contributed by atoms with Crippen LogP contribution in [0.5, 0.6) is 0 Å². The lowest BCUT2D eigenvalue weighted by Gasteiger charge is -2.32. The van der Waals surface area contributed by atoms with Crippen LogP contribution >= 0.6 is 0 Å². The number of hydrogen-bond donors (Lipinski definition) is 1. The van der Waals surface area contributed by atoms with Gasteiger partial charge in [0.1, 0.15) is 11.9 Å². The Hall–Kier alpha value is -2.73. The molecule has 1 aromatic carbocycles. The topological polar surface area (TPSA) is 71.1 Å². The number of para-hydroxylation sites is 1. The highest BCUT2D eigenvalue weighted by Gasteiger charge is 2.28. The second-order valence-electron chi connectivity index (χ2n) is 5.98. The number of imidazole rings is 1. The van der Waals surface area contributed by atoms with Gasteiger partial charge in [-0.1, -0.05) is 18.2 Å². The van der Waals surface area contributed by atoms with Gasteiger partial charge in [-0.2, -0.15) is 0 Å². The number of nitrogens with zero attached hydrogens (tertiary/aromatic N) is 3. The van der Waals surface area contributed by atoms with Gasteiger partial charge in [0.25, 0.3) is 5.91 Å². The summed E-state index contributed by atoms with van der Waals surface area (Å²) in [6.07, 6.45) is 3.20. The molecule has 1 amide bonds. The number of pyridine rings is 1. The molecular weight excluding hydrogens is 304 g/mol. The van der Waals surface area contributed by atoms with Crippen molar-refractivity contribution in [1.29, 1.82) is 0 Å². The van der Waals surface area contributed by atoms with E-state index < -0.39 is 0 Å². The first-order chi connectivity index (χ1) is 11.7. The lowest BCUT2D eigenvalue weighted by Crippen LogP contribution is -2.42. The summed E-state index contributed by atoms with van der Waals surface area (Å²) >= 11 is 0. The van der Waals surface area contributed by atoms with Crippen LogP contribution < -0.4 is 0 Å². The molecule has 1 aliphatic heterocycles. The molecule has 1 aliphatic rings. The molecule has 1 atom stereocenters. The molecular formula is C18H18N4O2. The fourth-order valence-electron chi connectivity index (χ4n) is 2.97. The lowest BCUT2D eigenvalue weighted by molar-refractivity contribution is -0.0264. The second kappa shape index (κ2) is 6.05. The Balaban J connectivity index is 1.56. The number of rotatable bonds is 2. The van der Waals surface area contributed by atoms with Crippen LogP contribution in [-0.4, -0.2) is 45.5 Å². The van der Waals surface area contributed by atoms with Crippen molar-refractivity contribution < 1.29 is 9.53 Å². The molecule has 122 valence electrons. The Morgan fingerprint density at radius 1 is 1.29 bits per heavy atom. The molecule has 1 fully saturated rings. The van der Waals surface area contributed by atoms with Gasteiger partial charge in [0.15, 0.2) is 0 Å². The molecule has 0 saturated carbocycles. The maximum absolute atomic E-state index is 12.8. The molecule has 1 unspecified atom stereocenters. The predicted octanol–water partition coefficient (Wildman–Crippen LogP) is 2.48. The SMILES string of the molecule is Cc1cnc(C2CN(C(=O)c3cnc4ccccc4c3)CCO2)[nH]1. The van der Waals surface area contributed by atoms with Crippen LogP contribution in [-0.2, 0) is 4.74 Å². The quantitative estimate of drug-likeness (QED) is 0.787. The zero-order chi connectivity index (χ0) is 16.5. The normalized spacial score (nSPS) is 18.0. The highest BCUT2D eigenvalue weighted by Crippen LogP contribution is 2.22. The molecule has 3 heterocycles. The molecule has 2 aromatic heterocycles. The summed E-state index contributed by atoms with van der Waals surface area (Å²) in [5.41, 5.74) is 2.47. The monoisotopic (exact) mass is 322 g/mol. The van der Waals surface area contributed by atoms with E-state index in [1.807, 2.05) is 37.3 Å². The largest absolute Gasteiger partial charge is 0.367 e. The van der Waals surface area contributed by atoms with E-state index in [-0.39, 0.29) is 12.0 Å². The average molecular weight is 322 g/mol. The number of hydrogen-bond acceptors (Lipinski definition) is 4. The Labute approximate surface area is 139 Å². The number of carbonyl (C=O) groups excluding carboxylic acids is 1. The molecule has 4 rings (SSSR count). The first kappa shape index (κ1) is 14.8. The molecule has 6 heteroatoms. The number of ether oxygens (including phenoxy) is 1. The van der Waals surface area contributed by atoms with Crippen LogP contribution in [0.4, 0.5) is 0 Å². The standard InChI is InChI=1S/C18H18N4O2/c1-12-9-20-17(21-12)16-11-22(6-7-24-16)18(23)14-8-13-4-2-3-5-15(13)19-10-14/h2-5,8-10,16H,6-7,11H2,1H3,(H,20,21). The maximum atomic E-state index is 12.8. The Morgan fingerprint density at radius 3 is 3.00 bits per heavy atom. The Morgan fingerprint density at radius 2 is 2.17 bits per heavy atom. The van der Waals surface area contributed by atoms with Crippen molar-refractivity contribution in [2.24, 2.45) is 0 Å². The number of morpholine rings is 1. The molecule has 24 heavy (non-hydrogen) atoms. The fourth-order valence-corrected chi connectivity index (χ4v) is 2.97. The summed E-state index contributed by atoms with van der Waals surface area (Å²) in [5.74, 6) is 0.742. The average Bonchev–Trinajstić information content (AvgIpc) is 3.07. The summed E-state index contributed by atoms with van der Waals surface area (Å²) in [4.78, 5) is 26.5. The van der Waals surface area contributed by atoms with Crippen molar-refractivity contribution in [3.05, 3.63) is 59.8 Å². The summed E-state index contributed by atoms with van der Waals surface area (Å²) in [6, 6.07) is 9.68. The first-order valence-electron chi connectivity index (χ1n) is 7.98.